The number of rotatable bonds is 16. The molecule has 0 bridgehead atoms. The zero-order valence-corrected chi connectivity index (χ0v) is 18.3. The maximum atomic E-state index is 11.0. The molecule has 0 rings (SSSR count). The fraction of sp³-hybridized carbons (Fsp3) is 0.950. The van der Waals surface area contributed by atoms with Gasteiger partial charge in [-0.25, -0.2) is 0 Å². The highest BCUT2D eigenvalue weighted by Crippen LogP contribution is 2.19. The summed E-state index contributed by atoms with van der Waals surface area (Å²) in [6, 6.07) is 0. The van der Waals surface area contributed by atoms with Crippen molar-refractivity contribution in [2.75, 3.05) is 26.4 Å². The summed E-state index contributed by atoms with van der Waals surface area (Å²) < 4.78 is 5.05. The first-order chi connectivity index (χ1) is 12.9. The Hall–Kier alpha value is -0.340. The van der Waals surface area contributed by atoms with Crippen molar-refractivity contribution in [3.05, 3.63) is 0 Å². The molecule has 4 N–H and O–H groups in total. The molecular formula is C20H42O6S. The van der Waals surface area contributed by atoms with Crippen LogP contribution in [-0.4, -0.2) is 58.1 Å². The summed E-state index contributed by atoms with van der Waals surface area (Å²) in [7, 11) is 0. The van der Waals surface area contributed by atoms with E-state index in [0.717, 1.165) is 6.42 Å². The minimum atomic E-state index is -1.11. The number of carbonyl (C=O) groups is 1. The summed E-state index contributed by atoms with van der Waals surface area (Å²) in [6.45, 7) is 4.59. The number of aliphatic hydroxyl groups excluding tert-OH is 4. The van der Waals surface area contributed by atoms with Crippen molar-refractivity contribution in [1.82, 2.24) is 0 Å². The largest absolute Gasteiger partial charge is 0.396 e. The third kappa shape index (κ3) is 17.5. The van der Waals surface area contributed by atoms with E-state index in [9.17, 15) is 4.79 Å². The monoisotopic (exact) mass is 410 g/mol. The van der Waals surface area contributed by atoms with Gasteiger partial charge in [-0.3, -0.25) is 4.79 Å². The van der Waals surface area contributed by atoms with E-state index in [4.69, 9.17) is 24.6 Å². The van der Waals surface area contributed by atoms with Crippen molar-refractivity contribution in [2.45, 2.75) is 90.2 Å². The summed E-state index contributed by atoms with van der Waals surface area (Å²) >= 11 is 1.33. The molecule has 0 aliphatic rings. The molecular weight excluding hydrogens is 368 g/mol. The predicted octanol–water partition coefficient (Wildman–Crippen LogP) is 3.45. The van der Waals surface area contributed by atoms with Crippen LogP contribution in [0.1, 0.15) is 85.0 Å². The second-order valence-corrected chi connectivity index (χ2v) is 8.28. The van der Waals surface area contributed by atoms with Gasteiger partial charge in [-0.15, -0.1) is 0 Å². The van der Waals surface area contributed by atoms with E-state index in [1.807, 2.05) is 6.92 Å². The molecule has 0 aromatic carbocycles. The first kappa shape index (κ1) is 28.9. The van der Waals surface area contributed by atoms with E-state index in [2.05, 4.69) is 13.8 Å². The molecule has 27 heavy (non-hydrogen) atoms. The van der Waals surface area contributed by atoms with Gasteiger partial charge in [0.2, 0.25) is 0 Å². The molecule has 1 atom stereocenters. The fourth-order valence-corrected chi connectivity index (χ4v) is 2.76. The topological polar surface area (TPSA) is 107 Å². The van der Waals surface area contributed by atoms with Gasteiger partial charge in [-0.05, 0) is 6.42 Å². The lowest BCUT2D eigenvalue weighted by molar-refractivity contribution is -0.132. The van der Waals surface area contributed by atoms with Gasteiger partial charge in [0, 0.05) is 11.7 Å². The van der Waals surface area contributed by atoms with Gasteiger partial charge >= 0.3 is 5.97 Å². The Morgan fingerprint density at radius 2 is 1.30 bits per heavy atom. The normalized spacial score (nSPS) is 12.3. The fourth-order valence-electron chi connectivity index (χ4n) is 2.11. The molecule has 0 aliphatic heterocycles. The zero-order valence-electron chi connectivity index (χ0n) is 17.5. The highest BCUT2D eigenvalue weighted by atomic mass is 32.2. The van der Waals surface area contributed by atoms with Crippen LogP contribution in [0.25, 0.3) is 0 Å². The number of carbonyl (C=O) groups excluding carboxylic acids is 1. The Balaban J connectivity index is 0. The van der Waals surface area contributed by atoms with E-state index in [1.165, 1.54) is 63.4 Å². The Labute approximate surface area is 169 Å². The number of hydrogen-bond acceptors (Lipinski definition) is 7. The van der Waals surface area contributed by atoms with Crippen molar-refractivity contribution in [3.8, 4) is 0 Å². The minimum Gasteiger partial charge on any atom is -0.396 e. The molecule has 0 amide bonds. The zero-order chi connectivity index (χ0) is 21.0. The van der Waals surface area contributed by atoms with E-state index >= 15 is 0 Å². The predicted molar refractivity (Wildman–Crippen MR) is 111 cm³/mol. The lowest BCUT2D eigenvalue weighted by Crippen LogP contribution is -2.37. The second-order valence-electron chi connectivity index (χ2n) is 7.11. The molecule has 7 heteroatoms. The number of unbranched alkanes of at least 4 members (excludes halogenated alkanes) is 7. The smallest absolute Gasteiger partial charge is 0.317 e. The Morgan fingerprint density at radius 3 is 1.67 bits per heavy atom. The number of hydrogen-bond donors (Lipinski definition) is 4. The van der Waals surface area contributed by atoms with Crippen LogP contribution < -0.4 is 0 Å². The highest BCUT2D eigenvalue weighted by Gasteiger charge is 2.26. The van der Waals surface area contributed by atoms with Crippen LogP contribution in [0, 0.1) is 5.41 Å². The summed E-state index contributed by atoms with van der Waals surface area (Å²) in [5.41, 5.74) is -1.11. The maximum absolute atomic E-state index is 11.0. The first-order valence-electron chi connectivity index (χ1n) is 10.2. The molecule has 1 unspecified atom stereocenters. The van der Waals surface area contributed by atoms with Crippen molar-refractivity contribution in [2.24, 2.45) is 5.41 Å². The van der Waals surface area contributed by atoms with E-state index in [1.54, 1.807) is 0 Å². The molecule has 0 heterocycles. The standard InChI is InChI=1S/C15H30O2S.C5H12O4/c1-4-6-7-8-9-10-11-12-13-14(3)18-17-15(16)5-2;6-1-5(2-7,3-8)4-9/h14H,4-13H2,1-3H3;6-9H,1-4H2. The van der Waals surface area contributed by atoms with E-state index in [-0.39, 0.29) is 5.97 Å². The number of aliphatic hydroxyl groups is 4. The lowest BCUT2D eigenvalue weighted by atomic mass is 9.93. The molecule has 0 aromatic rings. The third-order valence-electron chi connectivity index (χ3n) is 4.40. The Morgan fingerprint density at radius 1 is 0.852 bits per heavy atom. The van der Waals surface area contributed by atoms with Gasteiger partial charge in [-0.1, -0.05) is 72.1 Å². The third-order valence-corrected chi connectivity index (χ3v) is 5.25. The van der Waals surface area contributed by atoms with E-state index in [0.29, 0.717) is 11.7 Å². The van der Waals surface area contributed by atoms with Gasteiger partial charge in [0.05, 0.1) is 43.9 Å². The van der Waals surface area contributed by atoms with Crippen molar-refractivity contribution >= 4 is 18.0 Å². The molecule has 0 spiro atoms. The molecule has 0 aliphatic carbocycles. The van der Waals surface area contributed by atoms with Gasteiger partial charge in [-0.2, -0.15) is 0 Å². The maximum Gasteiger partial charge on any atom is 0.317 e. The van der Waals surface area contributed by atoms with Gasteiger partial charge in [0.1, 0.15) is 0 Å². The van der Waals surface area contributed by atoms with Gasteiger partial charge in [0.15, 0.2) is 0 Å². The molecule has 0 saturated carbocycles. The van der Waals surface area contributed by atoms with Crippen LogP contribution >= 0.6 is 12.0 Å². The first-order valence-corrected chi connectivity index (χ1v) is 11.0. The van der Waals surface area contributed by atoms with Crippen LogP contribution in [-0.2, 0) is 8.98 Å². The quantitative estimate of drug-likeness (QED) is 0.228. The van der Waals surface area contributed by atoms with Crippen LogP contribution in [0.15, 0.2) is 0 Å². The average molecular weight is 411 g/mol. The lowest BCUT2D eigenvalue weighted by Gasteiger charge is -2.23. The highest BCUT2D eigenvalue weighted by molar-refractivity contribution is 7.95. The molecule has 0 fully saturated rings. The van der Waals surface area contributed by atoms with Crippen LogP contribution in [0.2, 0.25) is 0 Å². The van der Waals surface area contributed by atoms with Crippen molar-refractivity contribution in [1.29, 1.82) is 0 Å². The van der Waals surface area contributed by atoms with Crippen LogP contribution in [0.3, 0.4) is 0 Å². The molecule has 0 aromatic heterocycles. The van der Waals surface area contributed by atoms with Crippen LogP contribution in [0.5, 0.6) is 0 Å². The molecule has 0 saturated heterocycles. The average Bonchev–Trinajstić information content (AvgIpc) is 2.70. The van der Waals surface area contributed by atoms with Crippen molar-refractivity contribution in [3.63, 3.8) is 0 Å². The summed E-state index contributed by atoms with van der Waals surface area (Å²) in [6.07, 6.45) is 12.4. The summed E-state index contributed by atoms with van der Waals surface area (Å²) in [5.74, 6) is -0.109. The van der Waals surface area contributed by atoms with Gasteiger partial charge < -0.3 is 24.6 Å². The molecule has 6 nitrogen and oxygen atoms in total. The molecule has 164 valence electrons. The minimum absolute atomic E-state index is 0.109. The van der Waals surface area contributed by atoms with Crippen LogP contribution in [0.4, 0.5) is 0 Å². The second kappa shape index (κ2) is 20.4. The SMILES string of the molecule is CCCCCCCCCCC(C)SOC(=O)CC.OCC(CO)(CO)CO. The Bertz CT molecular complexity index is 306. The van der Waals surface area contributed by atoms with Crippen molar-refractivity contribution < 1.29 is 29.4 Å². The Kier molecular flexibility index (Phi) is 21.8. The van der Waals surface area contributed by atoms with E-state index < -0.39 is 31.8 Å². The summed E-state index contributed by atoms with van der Waals surface area (Å²) in [4.78, 5) is 11.0. The molecule has 0 radical (unpaired) electrons. The summed E-state index contributed by atoms with van der Waals surface area (Å²) in [5, 5.41) is 34.4. The van der Waals surface area contributed by atoms with Gasteiger partial charge in [0.25, 0.3) is 0 Å².